The van der Waals surface area contributed by atoms with E-state index in [0.29, 0.717) is 0 Å². The fourth-order valence-electron chi connectivity index (χ4n) is 3.66. The average molecular weight is 275 g/mol. The minimum atomic E-state index is 0.170. The van der Waals surface area contributed by atoms with Crippen LogP contribution in [0.4, 0.5) is 0 Å². The molecular formula is C17H25NO2. The Hall–Kier alpha value is -1.06. The molecule has 1 aliphatic heterocycles. The molecule has 0 radical (unpaired) electrons. The molecule has 0 aromatic heterocycles. The molecule has 110 valence electrons. The molecule has 1 aliphatic carbocycles. The van der Waals surface area contributed by atoms with Gasteiger partial charge >= 0.3 is 0 Å². The summed E-state index contributed by atoms with van der Waals surface area (Å²) in [6.07, 6.45) is 5.37. The predicted molar refractivity (Wildman–Crippen MR) is 80.1 cm³/mol. The van der Waals surface area contributed by atoms with Crippen molar-refractivity contribution in [3.05, 3.63) is 29.8 Å². The van der Waals surface area contributed by atoms with E-state index >= 15 is 0 Å². The van der Waals surface area contributed by atoms with E-state index in [9.17, 15) is 0 Å². The molecule has 3 unspecified atom stereocenters. The summed E-state index contributed by atoms with van der Waals surface area (Å²) in [5.41, 5.74) is 1.47. The van der Waals surface area contributed by atoms with Crippen molar-refractivity contribution in [2.45, 2.75) is 44.2 Å². The number of ether oxygens (including phenoxy) is 2. The molecule has 3 nitrogen and oxygen atoms in total. The maximum absolute atomic E-state index is 6.18. The highest BCUT2D eigenvalue weighted by atomic mass is 16.5. The lowest BCUT2D eigenvalue weighted by Crippen LogP contribution is -2.56. The molecule has 1 saturated heterocycles. The third-order valence-electron chi connectivity index (χ3n) is 4.80. The van der Waals surface area contributed by atoms with E-state index in [-0.39, 0.29) is 11.6 Å². The van der Waals surface area contributed by atoms with Crippen molar-refractivity contribution in [3.63, 3.8) is 0 Å². The Morgan fingerprint density at radius 2 is 2.10 bits per heavy atom. The number of morpholine rings is 1. The SMILES string of the molecule is COc1ccc(C2CNC3(CCCC(C)C3)CO2)cc1. The largest absolute Gasteiger partial charge is 0.497 e. The molecule has 1 saturated carbocycles. The summed E-state index contributed by atoms with van der Waals surface area (Å²) >= 11 is 0. The first-order chi connectivity index (χ1) is 9.71. The molecule has 2 fully saturated rings. The molecule has 3 rings (SSSR count). The van der Waals surface area contributed by atoms with Gasteiger partial charge in [-0.15, -0.1) is 0 Å². The first-order valence-corrected chi connectivity index (χ1v) is 7.71. The number of rotatable bonds is 2. The lowest BCUT2D eigenvalue weighted by Gasteiger charge is -2.45. The number of nitrogens with one attached hydrogen (secondary N) is 1. The van der Waals surface area contributed by atoms with Gasteiger partial charge in [-0.2, -0.15) is 0 Å². The minimum absolute atomic E-state index is 0.170. The number of hydrogen-bond acceptors (Lipinski definition) is 3. The number of methoxy groups -OCH3 is 1. The highest BCUT2D eigenvalue weighted by molar-refractivity contribution is 5.29. The zero-order valence-electron chi connectivity index (χ0n) is 12.5. The van der Waals surface area contributed by atoms with E-state index in [1.54, 1.807) is 7.11 Å². The van der Waals surface area contributed by atoms with Gasteiger partial charge in [-0.05, 0) is 36.5 Å². The van der Waals surface area contributed by atoms with Crippen molar-refractivity contribution in [2.24, 2.45) is 5.92 Å². The number of benzene rings is 1. The van der Waals surface area contributed by atoms with Gasteiger partial charge in [-0.3, -0.25) is 0 Å². The minimum Gasteiger partial charge on any atom is -0.497 e. The first-order valence-electron chi connectivity index (χ1n) is 7.71. The second-order valence-corrected chi connectivity index (χ2v) is 6.44. The van der Waals surface area contributed by atoms with Gasteiger partial charge in [0.1, 0.15) is 5.75 Å². The van der Waals surface area contributed by atoms with Crippen LogP contribution in [0.3, 0.4) is 0 Å². The predicted octanol–water partition coefficient (Wildman–Crippen LogP) is 3.31. The monoisotopic (exact) mass is 275 g/mol. The summed E-state index contributed by atoms with van der Waals surface area (Å²) in [6, 6.07) is 8.22. The Labute approximate surface area is 121 Å². The molecule has 1 aromatic carbocycles. The molecule has 1 N–H and O–H groups in total. The van der Waals surface area contributed by atoms with E-state index < -0.39 is 0 Å². The molecular weight excluding hydrogens is 250 g/mol. The lowest BCUT2D eigenvalue weighted by atomic mass is 9.76. The smallest absolute Gasteiger partial charge is 0.118 e. The van der Waals surface area contributed by atoms with Gasteiger partial charge in [0.05, 0.1) is 19.8 Å². The van der Waals surface area contributed by atoms with Crippen molar-refractivity contribution in [1.82, 2.24) is 5.32 Å². The van der Waals surface area contributed by atoms with Gasteiger partial charge < -0.3 is 14.8 Å². The van der Waals surface area contributed by atoms with Gasteiger partial charge in [0.15, 0.2) is 0 Å². The molecule has 1 heterocycles. The number of hydrogen-bond donors (Lipinski definition) is 1. The van der Waals surface area contributed by atoms with Crippen LogP contribution in [0.15, 0.2) is 24.3 Å². The Kier molecular flexibility index (Phi) is 3.99. The van der Waals surface area contributed by atoms with Crippen LogP contribution < -0.4 is 10.1 Å². The third-order valence-corrected chi connectivity index (χ3v) is 4.80. The second kappa shape index (κ2) is 5.74. The quantitative estimate of drug-likeness (QED) is 0.898. The molecule has 3 atom stereocenters. The highest BCUT2D eigenvalue weighted by Gasteiger charge is 2.39. The van der Waals surface area contributed by atoms with Gasteiger partial charge in [0, 0.05) is 12.1 Å². The standard InChI is InChI=1S/C17H25NO2/c1-13-4-3-9-17(10-13)12-20-16(11-18-17)14-5-7-15(19-2)8-6-14/h5-8,13,16,18H,3-4,9-12H2,1-2H3. The van der Waals surface area contributed by atoms with Gasteiger partial charge in [-0.1, -0.05) is 31.9 Å². The van der Waals surface area contributed by atoms with Crippen LogP contribution in [0.2, 0.25) is 0 Å². The molecule has 0 amide bonds. The van der Waals surface area contributed by atoms with Crippen molar-refractivity contribution >= 4 is 0 Å². The van der Waals surface area contributed by atoms with Crippen molar-refractivity contribution in [1.29, 1.82) is 0 Å². The second-order valence-electron chi connectivity index (χ2n) is 6.44. The van der Waals surface area contributed by atoms with Gasteiger partial charge in [0.2, 0.25) is 0 Å². The average Bonchev–Trinajstić information content (AvgIpc) is 2.48. The van der Waals surface area contributed by atoms with Crippen LogP contribution in [-0.4, -0.2) is 25.8 Å². The maximum atomic E-state index is 6.18. The summed E-state index contributed by atoms with van der Waals surface area (Å²) in [5, 5.41) is 3.79. The van der Waals surface area contributed by atoms with Crippen LogP contribution in [0.25, 0.3) is 0 Å². The topological polar surface area (TPSA) is 30.5 Å². The fraction of sp³-hybridized carbons (Fsp3) is 0.647. The molecule has 2 aliphatic rings. The fourth-order valence-corrected chi connectivity index (χ4v) is 3.66. The third kappa shape index (κ3) is 2.84. The summed E-state index contributed by atoms with van der Waals surface area (Å²) in [6.45, 7) is 4.12. The van der Waals surface area contributed by atoms with Crippen LogP contribution in [0.5, 0.6) is 5.75 Å². The van der Waals surface area contributed by atoms with Crippen LogP contribution in [0, 0.1) is 5.92 Å². The van der Waals surface area contributed by atoms with Crippen LogP contribution >= 0.6 is 0 Å². The lowest BCUT2D eigenvalue weighted by molar-refractivity contribution is -0.0527. The molecule has 3 heteroatoms. The van der Waals surface area contributed by atoms with E-state index in [2.05, 4.69) is 24.4 Å². The summed E-state index contributed by atoms with van der Waals surface area (Å²) < 4.78 is 11.4. The van der Waals surface area contributed by atoms with Crippen LogP contribution in [-0.2, 0) is 4.74 Å². The maximum Gasteiger partial charge on any atom is 0.118 e. The zero-order valence-corrected chi connectivity index (χ0v) is 12.5. The Morgan fingerprint density at radius 3 is 2.70 bits per heavy atom. The molecule has 1 spiro atoms. The Morgan fingerprint density at radius 1 is 1.30 bits per heavy atom. The highest BCUT2D eigenvalue weighted by Crippen LogP contribution is 2.36. The normalized spacial score (nSPS) is 34.1. The first kappa shape index (κ1) is 13.9. The van der Waals surface area contributed by atoms with Crippen molar-refractivity contribution in [3.8, 4) is 5.75 Å². The van der Waals surface area contributed by atoms with E-state index in [4.69, 9.17) is 9.47 Å². The van der Waals surface area contributed by atoms with Crippen molar-refractivity contribution < 1.29 is 9.47 Å². The van der Waals surface area contributed by atoms with E-state index in [1.807, 2.05) is 12.1 Å². The molecule has 0 bridgehead atoms. The van der Waals surface area contributed by atoms with Gasteiger partial charge in [0.25, 0.3) is 0 Å². The summed E-state index contributed by atoms with van der Waals surface area (Å²) in [5.74, 6) is 1.72. The summed E-state index contributed by atoms with van der Waals surface area (Å²) in [4.78, 5) is 0. The van der Waals surface area contributed by atoms with Crippen LogP contribution in [0.1, 0.15) is 44.3 Å². The molecule has 1 aromatic rings. The zero-order chi connectivity index (χ0) is 14.0. The summed E-state index contributed by atoms with van der Waals surface area (Å²) in [7, 11) is 1.70. The van der Waals surface area contributed by atoms with E-state index in [0.717, 1.165) is 24.8 Å². The van der Waals surface area contributed by atoms with Gasteiger partial charge in [-0.25, -0.2) is 0 Å². The molecule has 20 heavy (non-hydrogen) atoms. The Bertz CT molecular complexity index is 435. The Balaban J connectivity index is 1.62. The van der Waals surface area contributed by atoms with E-state index in [1.165, 1.54) is 31.2 Å². The van der Waals surface area contributed by atoms with Crippen molar-refractivity contribution in [2.75, 3.05) is 20.3 Å².